The molecule has 1 amide bonds. The van der Waals surface area contributed by atoms with Gasteiger partial charge in [0.1, 0.15) is 4.88 Å². The molecule has 2 aromatic rings. The zero-order chi connectivity index (χ0) is 18.8. The average Bonchev–Trinajstić information content (AvgIpc) is 3.12. The Kier molecular flexibility index (Phi) is 5.60. The molecular formula is C18H23N5O2S2. The number of amides is 1. The third-order valence-electron chi connectivity index (χ3n) is 5.13. The third kappa shape index (κ3) is 4.09. The average molecular weight is 406 g/mol. The van der Waals surface area contributed by atoms with Crippen LogP contribution in [-0.2, 0) is 18.7 Å². The van der Waals surface area contributed by atoms with Gasteiger partial charge >= 0.3 is 0 Å². The standard InChI is InChI=1S/C18H23N5O2S2/c1-13-17(27-12-19-13)18(25)22-6-3-21(4-7-22)5-8-23-16(24)10-14-11-26-9-2-15(14)20-23/h10,12H,2-9,11H2,1H3. The lowest BCUT2D eigenvalue weighted by Gasteiger charge is -2.34. The van der Waals surface area contributed by atoms with E-state index in [1.807, 2.05) is 23.6 Å². The van der Waals surface area contributed by atoms with E-state index in [9.17, 15) is 9.59 Å². The van der Waals surface area contributed by atoms with Gasteiger partial charge in [-0.25, -0.2) is 9.67 Å². The first kappa shape index (κ1) is 18.6. The second-order valence-electron chi connectivity index (χ2n) is 6.88. The Bertz CT molecular complexity index is 886. The highest BCUT2D eigenvalue weighted by molar-refractivity contribution is 7.98. The monoisotopic (exact) mass is 405 g/mol. The Hall–Kier alpha value is -1.71. The maximum absolute atomic E-state index is 12.6. The number of carbonyl (C=O) groups excluding carboxylic acids is 1. The summed E-state index contributed by atoms with van der Waals surface area (Å²) in [5.74, 6) is 2.06. The molecule has 0 saturated carbocycles. The maximum Gasteiger partial charge on any atom is 0.267 e. The van der Waals surface area contributed by atoms with Crippen LogP contribution in [0.15, 0.2) is 16.4 Å². The Morgan fingerprint density at radius 1 is 1.22 bits per heavy atom. The fraction of sp³-hybridized carbons (Fsp3) is 0.556. The van der Waals surface area contributed by atoms with Gasteiger partial charge in [-0.15, -0.1) is 11.3 Å². The highest BCUT2D eigenvalue weighted by Gasteiger charge is 2.24. The largest absolute Gasteiger partial charge is 0.335 e. The lowest BCUT2D eigenvalue weighted by Crippen LogP contribution is -2.49. The minimum Gasteiger partial charge on any atom is -0.335 e. The molecule has 2 aliphatic heterocycles. The first-order chi connectivity index (χ1) is 13.1. The summed E-state index contributed by atoms with van der Waals surface area (Å²) >= 11 is 3.27. The number of aryl methyl sites for hydroxylation is 2. The van der Waals surface area contributed by atoms with Crippen LogP contribution in [0.3, 0.4) is 0 Å². The van der Waals surface area contributed by atoms with Crippen molar-refractivity contribution in [1.29, 1.82) is 0 Å². The molecule has 0 bridgehead atoms. The number of hydrogen-bond donors (Lipinski definition) is 0. The van der Waals surface area contributed by atoms with Crippen LogP contribution in [0, 0.1) is 6.92 Å². The molecule has 27 heavy (non-hydrogen) atoms. The van der Waals surface area contributed by atoms with Crippen molar-refractivity contribution in [1.82, 2.24) is 24.6 Å². The summed E-state index contributed by atoms with van der Waals surface area (Å²) < 4.78 is 1.60. The summed E-state index contributed by atoms with van der Waals surface area (Å²) in [5.41, 5.74) is 4.69. The van der Waals surface area contributed by atoms with Crippen molar-refractivity contribution in [2.24, 2.45) is 0 Å². The minimum absolute atomic E-state index is 0.00858. The van der Waals surface area contributed by atoms with Gasteiger partial charge in [0.25, 0.3) is 11.5 Å². The smallest absolute Gasteiger partial charge is 0.267 e. The van der Waals surface area contributed by atoms with Crippen molar-refractivity contribution in [3.63, 3.8) is 0 Å². The lowest BCUT2D eigenvalue weighted by molar-refractivity contribution is 0.0635. The van der Waals surface area contributed by atoms with Crippen molar-refractivity contribution in [2.75, 3.05) is 38.5 Å². The number of hydrogen-bond acceptors (Lipinski definition) is 7. The van der Waals surface area contributed by atoms with Crippen molar-refractivity contribution in [3.8, 4) is 0 Å². The third-order valence-corrected chi connectivity index (χ3v) is 7.06. The first-order valence-corrected chi connectivity index (χ1v) is 11.2. The molecule has 9 heteroatoms. The summed E-state index contributed by atoms with van der Waals surface area (Å²) in [7, 11) is 0. The van der Waals surface area contributed by atoms with Crippen molar-refractivity contribution in [3.05, 3.63) is 43.8 Å². The Labute approximate surface area is 166 Å². The molecule has 1 saturated heterocycles. The van der Waals surface area contributed by atoms with Gasteiger partial charge in [0.2, 0.25) is 0 Å². The molecule has 0 spiro atoms. The molecule has 0 atom stereocenters. The van der Waals surface area contributed by atoms with Gasteiger partial charge in [0.15, 0.2) is 0 Å². The SMILES string of the molecule is Cc1ncsc1C(=O)N1CCN(CCn2nc3c(cc2=O)CSCC3)CC1. The van der Waals surface area contributed by atoms with E-state index in [1.54, 1.807) is 16.3 Å². The summed E-state index contributed by atoms with van der Waals surface area (Å²) in [5, 5.41) is 4.58. The second kappa shape index (κ2) is 8.12. The zero-order valence-electron chi connectivity index (χ0n) is 15.4. The molecule has 1 fully saturated rings. The fourth-order valence-corrected chi connectivity index (χ4v) is 5.20. The first-order valence-electron chi connectivity index (χ1n) is 9.21. The number of thioether (sulfide) groups is 1. The van der Waals surface area contributed by atoms with Crippen LogP contribution in [-0.4, -0.2) is 68.9 Å². The van der Waals surface area contributed by atoms with E-state index < -0.39 is 0 Å². The molecule has 2 aromatic heterocycles. The van der Waals surface area contributed by atoms with Crippen LogP contribution in [0.1, 0.15) is 26.6 Å². The highest BCUT2D eigenvalue weighted by atomic mass is 32.2. The van der Waals surface area contributed by atoms with Crippen LogP contribution in [0.25, 0.3) is 0 Å². The van der Waals surface area contributed by atoms with E-state index in [-0.39, 0.29) is 11.5 Å². The molecule has 0 aliphatic carbocycles. The van der Waals surface area contributed by atoms with Gasteiger partial charge in [-0.05, 0) is 18.2 Å². The van der Waals surface area contributed by atoms with E-state index >= 15 is 0 Å². The summed E-state index contributed by atoms with van der Waals surface area (Å²) in [6.45, 7) is 6.31. The number of aromatic nitrogens is 3. The Morgan fingerprint density at radius 3 is 2.78 bits per heavy atom. The number of piperazine rings is 1. The van der Waals surface area contributed by atoms with E-state index in [1.165, 1.54) is 11.3 Å². The predicted octanol–water partition coefficient (Wildman–Crippen LogP) is 1.26. The van der Waals surface area contributed by atoms with E-state index in [0.29, 0.717) is 19.6 Å². The molecule has 4 heterocycles. The Balaban J connectivity index is 1.32. The van der Waals surface area contributed by atoms with Gasteiger partial charge in [0, 0.05) is 51.0 Å². The van der Waals surface area contributed by atoms with E-state index in [4.69, 9.17) is 0 Å². The normalized spacial score (nSPS) is 17.7. The summed E-state index contributed by atoms with van der Waals surface area (Å²) in [6, 6.07) is 1.75. The quantitative estimate of drug-likeness (QED) is 0.763. The molecule has 0 unspecified atom stereocenters. The molecular weight excluding hydrogens is 382 g/mol. The predicted molar refractivity (Wildman–Crippen MR) is 108 cm³/mol. The highest BCUT2D eigenvalue weighted by Crippen LogP contribution is 2.21. The molecule has 2 aliphatic rings. The molecule has 144 valence electrons. The van der Waals surface area contributed by atoms with Crippen molar-refractivity contribution < 1.29 is 4.79 Å². The van der Waals surface area contributed by atoms with Crippen molar-refractivity contribution in [2.45, 2.75) is 25.6 Å². The topological polar surface area (TPSA) is 71.3 Å². The van der Waals surface area contributed by atoms with Gasteiger partial charge in [-0.3, -0.25) is 14.5 Å². The van der Waals surface area contributed by atoms with Crippen molar-refractivity contribution >= 4 is 29.0 Å². The van der Waals surface area contributed by atoms with Gasteiger partial charge < -0.3 is 4.90 Å². The van der Waals surface area contributed by atoms with Crippen LogP contribution in [0.5, 0.6) is 0 Å². The van der Waals surface area contributed by atoms with Crippen LogP contribution >= 0.6 is 23.1 Å². The molecule has 4 rings (SSSR count). The minimum atomic E-state index is -0.00858. The summed E-state index contributed by atoms with van der Waals surface area (Å²) in [4.78, 5) is 34.0. The van der Waals surface area contributed by atoms with Gasteiger partial charge in [-0.2, -0.15) is 16.9 Å². The number of carbonyl (C=O) groups is 1. The number of thiazole rings is 1. The van der Waals surface area contributed by atoms with Gasteiger partial charge in [0.05, 0.1) is 23.4 Å². The number of nitrogens with zero attached hydrogens (tertiary/aromatic N) is 5. The zero-order valence-corrected chi connectivity index (χ0v) is 17.0. The fourth-order valence-electron chi connectivity index (χ4n) is 3.47. The van der Waals surface area contributed by atoms with E-state index in [2.05, 4.69) is 15.0 Å². The van der Waals surface area contributed by atoms with Gasteiger partial charge in [-0.1, -0.05) is 0 Å². The van der Waals surface area contributed by atoms with E-state index in [0.717, 1.165) is 59.4 Å². The van der Waals surface area contributed by atoms with Crippen LogP contribution in [0.4, 0.5) is 0 Å². The molecule has 0 N–H and O–H groups in total. The second-order valence-corrected chi connectivity index (χ2v) is 8.84. The molecule has 0 radical (unpaired) electrons. The number of rotatable bonds is 4. The summed E-state index contributed by atoms with van der Waals surface area (Å²) in [6.07, 6.45) is 0.943. The Morgan fingerprint density at radius 2 is 2.04 bits per heavy atom. The maximum atomic E-state index is 12.6. The van der Waals surface area contributed by atoms with Crippen LogP contribution in [0.2, 0.25) is 0 Å². The number of fused-ring (bicyclic) bond motifs is 1. The molecule has 7 nitrogen and oxygen atoms in total. The van der Waals surface area contributed by atoms with Crippen LogP contribution < -0.4 is 5.56 Å². The molecule has 0 aromatic carbocycles. The lowest BCUT2D eigenvalue weighted by atomic mass is 10.2.